The summed E-state index contributed by atoms with van der Waals surface area (Å²) in [5.41, 5.74) is 2.94. The van der Waals surface area contributed by atoms with E-state index in [-0.39, 0.29) is 23.9 Å². The molecule has 1 aliphatic rings. The molecule has 0 bridgehead atoms. The standard InChI is InChI=1S/C21H22F2N2O2/c1-13-8-14(2)10-17(9-13)24-20(26)16-4-3-7-25(12-16)21(27)15-5-6-18(22)19(23)11-15/h5-6,8-11,16H,3-4,7,12H2,1-2H3,(H,24,26)/t16-/m0/s1. The number of aryl methyl sites for hydroxylation is 2. The highest BCUT2D eigenvalue weighted by Crippen LogP contribution is 2.22. The second-order valence-electron chi connectivity index (χ2n) is 7.08. The molecule has 0 saturated carbocycles. The lowest BCUT2D eigenvalue weighted by molar-refractivity contribution is -0.121. The van der Waals surface area contributed by atoms with Crippen molar-refractivity contribution in [2.24, 2.45) is 5.92 Å². The van der Waals surface area contributed by atoms with Crippen molar-refractivity contribution in [1.29, 1.82) is 0 Å². The van der Waals surface area contributed by atoms with E-state index in [0.29, 0.717) is 19.4 Å². The van der Waals surface area contributed by atoms with Crippen LogP contribution in [-0.4, -0.2) is 29.8 Å². The van der Waals surface area contributed by atoms with Crippen molar-refractivity contribution in [3.05, 3.63) is 64.7 Å². The van der Waals surface area contributed by atoms with Crippen molar-refractivity contribution in [3.8, 4) is 0 Å². The van der Waals surface area contributed by atoms with Gasteiger partial charge in [0.25, 0.3) is 5.91 Å². The maximum absolute atomic E-state index is 13.4. The molecule has 1 atom stereocenters. The molecule has 1 fully saturated rings. The quantitative estimate of drug-likeness (QED) is 0.883. The predicted octanol–water partition coefficient (Wildman–Crippen LogP) is 4.07. The van der Waals surface area contributed by atoms with E-state index in [1.807, 2.05) is 32.0 Å². The van der Waals surface area contributed by atoms with Crippen molar-refractivity contribution in [2.45, 2.75) is 26.7 Å². The van der Waals surface area contributed by atoms with E-state index in [4.69, 9.17) is 0 Å². The summed E-state index contributed by atoms with van der Waals surface area (Å²) >= 11 is 0. The summed E-state index contributed by atoms with van der Waals surface area (Å²) < 4.78 is 26.5. The number of rotatable bonds is 3. The maximum atomic E-state index is 13.4. The fourth-order valence-corrected chi connectivity index (χ4v) is 3.48. The van der Waals surface area contributed by atoms with E-state index in [2.05, 4.69) is 5.32 Å². The Kier molecular flexibility index (Phi) is 5.54. The molecule has 142 valence electrons. The van der Waals surface area contributed by atoms with Crippen LogP contribution in [0.4, 0.5) is 14.5 Å². The monoisotopic (exact) mass is 372 g/mol. The predicted molar refractivity (Wildman–Crippen MR) is 99.5 cm³/mol. The van der Waals surface area contributed by atoms with Gasteiger partial charge in [0.1, 0.15) is 0 Å². The van der Waals surface area contributed by atoms with Crippen molar-refractivity contribution < 1.29 is 18.4 Å². The van der Waals surface area contributed by atoms with Gasteiger partial charge in [-0.2, -0.15) is 0 Å². The lowest BCUT2D eigenvalue weighted by Crippen LogP contribution is -2.43. The third kappa shape index (κ3) is 4.51. The lowest BCUT2D eigenvalue weighted by Gasteiger charge is -2.32. The molecule has 1 N–H and O–H groups in total. The van der Waals surface area contributed by atoms with Crippen LogP contribution in [-0.2, 0) is 4.79 Å². The Morgan fingerprint density at radius 3 is 2.41 bits per heavy atom. The molecule has 6 heteroatoms. The molecular weight excluding hydrogens is 350 g/mol. The van der Waals surface area contributed by atoms with Gasteiger partial charge in [-0.25, -0.2) is 8.78 Å². The number of carbonyl (C=O) groups excluding carboxylic acids is 2. The van der Waals surface area contributed by atoms with Gasteiger partial charge >= 0.3 is 0 Å². The molecule has 1 heterocycles. The second kappa shape index (κ2) is 7.86. The largest absolute Gasteiger partial charge is 0.338 e. The van der Waals surface area contributed by atoms with Crippen LogP contribution in [0.5, 0.6) is 0 Å². The third-order valence-electron chi connectivity index (χ3n) is 4.74. The summed E-state index contributed by atoms with van der Waals surface area (Å²) in [6, 6.07) is 8.93. The van der Waals surface area contributed by atoms with Crippen molar-refractivity contribution >= 4 is 17.5 Å². The first-order valence-corrected chi connectivity index (χ1v) is 8.97. The Balaban J connectivity index is 1.68. The van der Waals surface area contributed by atoms with E-state index in [1.54, 1.807) is 0 Å². The number of piperidine rings is 1. The van der Waals surface area contributed by atoms with Gasteiger partial charge in [0, 0.05) is 24.3 Å². The van der Waals surface area contributed by atoms with E-state index >= 15 is 0 Å². The van der Waals surface area contributed by atoms with Crippen molar-refractivity contribution in [2.75, 3.05) is 18.4 Å². The minimum atomic E-state index is -1.05. The van der Waals surface area contributed by atoms with E-state index < -0.39 is 17.5 Å². The van der Waals surface area contributed by atoms with Gasteiger partial charge in [-0.3, -0.25) is 9.59 Å². The van der Waals surface area contributed by atoms with E-state index in [1.165, 1.54) is 11.0 Å². The Morgan fingerprint density at radius 2 is 1.74 bits per heavy atom. The average Bonchev–Trinajstić information content (AvgIpc) is 2.62. The number of hydrogen-bond donors (Lipinski definition) is 1. The average molecular weight is 372 g/mol. The molecule has 0 aromatic heterocycles. The summed E-state index contributed by atoms with van der Waals surface area (Å²) in [5, 5.41) is 2.92. The van der Waals surface area contributed by atoms with Gasteiger partial charge < -0.3 is 10.2 Å². The number of halogens is 2. The first-order chi connectivity index (χ1) is 12.8. The normalized spacial score (nSPS) is 16.9. The molecule has 0 aliphatic carbocycles. The number of nitrogens with one attached hydrogen (secondary N) is 1. The van der Waals surface area contributed by atoms with Crippen LogP contribution >= 0.6 is 0 Å². The minimum Gasteiger partial charge on any atom is -0.338 e. The fraction of sp³-hybridized carbons (Fsp3) is 0.333. The van der Waals surface area contributed by atoms with Crippen LogP contribution < -0.4 is 5.32 Å². The molecule has 4 nitrogen and oxygen atoms in total. The zero-order valence-corrected chi connectivity index (χ0v) is 15.4. The smallest absolute Gasteiger partial charge is 0.253 e. The topological polar surface area (TPSA) is 49.4 Å². The molecule has 1 saturated heterocycles. The van der Waals surface area contributed by atoms with E-state index in [9.17, 15) is 18.4 Å². The van der Waals surface area contributed by atoms with Gasteiger partial charge in [-0.05, 0) is 68.1 Å². The number of amides is 2. The van der Waals surface area contributed by atoms with Crippen LogP contribution in [0.1, 0.15) is 34.3 Å². The Morgan fingerprint density at radius 1 is 1.04 bits per heavy atom. The fourth-order valence-electron chi connectivity index (χ4n) is 3.48. The molecule has 0 unspecified atom stereocenters. The highest BCUT2D eigenvalue weighted by Gasteiger charge is 2.29. The number of hydrogen-bond acceptors (Lipinski definition) is 2. The van der Waals surface area contributed by atoms with Crippen LogP contribution in [0, 0.1) is 31.4 Å². The van der Waals surface area contributed by atoms with E-state index in [0.717, 1.165) is 28.9 Å². The summed E-state index contributed by atoms with van der Waals surface area (Å²) in [6.07, 6.45) is 1.36. The number of carbonyl (C=O) groups is 2. The molecular formula is C21H22F2N2O2. The molecule has 3 rings (SSSR count). The number of nitrogens with zero attached hydrogens (tertiary/aromatic N) is 1. The first-order valence-electron chi connectivity index (χ1n) is 8.97. The zero-order chi connectivity index (χ0) is 19.6. The molecule has 2 amide bonds. The SMILES string of the molecule is Cc1cc(C)cc(NC(=O)[C@H]2CCCN(C(=O)c3ccc(F)c(F)c3)C2)c1. The third-order valence-corrected chi connectivity index (χ3v) is 4.74. The molecule has 2 aromatic carbocycles. The van der Waals surface area contributed by atoms with Gasteiger partial charge in [-0.1, -0.05) is 6.07 Å². The van der Waals surface area contributed by atoms with Crippen molar-refractivity contribution in [1.82, 2.24) is 4.90 Å². The maximum Gasteiger partial charge on any atom is 0.253 e. The number of likely N-dealkylation sites (tertiary alicyclic amines) is 1. The molecule has 27 heavy (non-hydrogen) atoms. The molecule has 2 aromatic rings. The number of benzene rings is 2. The van der Waals surface area contributed by atoms with Gasteiger partial charge in [0.15, 0.2) is 11.6 Å². The highest BCUT2D eigenvalue weighted by atomic mass is 19.2. The number of anilines is 1. The molecule has 1 aliphatic heterocycles. The Bertz CT molecular complexity index is 862. The summed E-state index contributed by atoms with van der Waals surface area (Å²) in [7, 11) is 0. The molecule has 0 spiro atoms. The van der Waals surface area contributed by atoms with Gasteiger partial charge in [0.2, 0.25) is 5.91 Å². The van der Waals surface area contributed by atoms with Crippen LogP contribution in [0.15, 0.2) is 36.4 Å². The second-order valence-corrected chi connectivity index (χ2v) is 7.08. The summed E-state index contributed by atoms with van der Waals surface area (Å²) in [5.74, 6) is -2.91. The Labute approximate surface area is 157 Å². The first kappa shape index (κ1) is 19.0. The lowest BCUT2D eigenvalue weighted by atomic mass is 9.96. The summed E-state index contributed by atoms with van der Waals surface area (Å²) in [4.78, 5) is 26.7. The summed E-state index contributed by atoms with van der Waals surface area (Å²) in [6.45, 7) is 4.68. The van der Waals surface area contributed by atoms with Gasteiger partial charge in [-0.15, -0.1) is 0 Å². The van der Waals surface area contributed by atoms with Crippen LogP contribution in [0.25, 0.3) is 0 Å². The van der Waals surface area contributed by atoms with Crippen LogP contribution in [0.3, 0.4) is 0 Å². The van der Waals surface area contributed by atoms with Crippen molar-refractivity contribution in [3.63, 3.8) is 0 Å². The molecule has 0 radical (unpaired) electrons. The zero-order valence-electron chi connectivity index (χ0n) is 15.4. The van der Waals surface area contributed by atoms with Gasteiger partial charge in [0.05, 0.1) is 5.92 Å². The van der Waals surface area contributed by atoms with Crippen LogP contribution in [0.2, 0.25) is 0 Å². The highest BCUT2D eigenvalue weighted by molar-refractivity contribution is 5.96. The minimum absolute atomic E-state index is 0.0873. The Hall–Kier alpha value is -2.76.